The van der Waals surface area contributed by atoms with Crippen LogP contribution >= 0.6 is 15.9 Å². The van der Waals surface area contributed by atoms with Crippen molar-refractivity contribution in [3.63, 3.8) is 0 Å². The molecule has 0 bridgehead atoms. The van der Waals surface area contributed by atoms with E-state index in [1.807, 2.05) is 19.9 Å². The molecule has 2 rings (SSSR count). The first-order valence-electron chi connectivity index (χ1n) is 5.75. The molecule has 0 saturated carbocycles. The molecule has 4 nitrogen and oxygen atoms in total. The average Bonchev–Trinajstić information content (AvgIpc) is 2.38. The first kappa shape index (κ1) is 14.0. The quantitative estimate of drug-likeness (QED) is 0.672. The van der Waals surface area contributed by atoms with Gasteiger partial charge in [0.2, 0.25) is 0 Å². The third-order valence-electron chi connectivity index (χ3n) is 2.89. The van der Waals surface area contributed by atoms with Crippen molar-refractivity contribution in [2.24, 2.45) is 5.84 Å². The Bertz CT molecular complexity index is 552. The van der Waals surface area contributed by atoms with Crippen LogP contribution in [0.25, 0.3) is 0 Å². The van der Waals surface area contributed by atoms with Gasteiger partial charge in [-0.3, -0.25) is 5.84 Å². The van der Waals surface area contributed by atoms with E-state index in [-0.39, 0.29) is 5.82 Å². The Labute approximate surface area is 119 Å². The Morgan fingerprint density at radius 2 is 1.95 bits per heavy atom. The third kappa shape index (κ3) is 2.97. The van der Waals surface area contributed by atoms with Gasteiger partial charge in [0.05, 0.1) is 17.4 Å². The summed E-state index contributed by atoms with van der Waals surface area (Å²) < 4.78 is 14.8. The molecule has 2 aromatic rings. The molecule has 0 aliphatic rings. The van der Waals surface area contributed by atoms with Crippen molar-refractivity contribution in [3.05, 3.63) is 57.1 Å². The normalized spacial score (nSPS) is 12.5. The van der Waals surface area contributed by atoms with Crippen LogP contribution in [-0.2, 0) is 0 Å². The highest BCUT2D eigenvalue weighted by atomic mass is 79.9. The van der Waals surface area contributed by atoms with Crippen LogP contribution in [0.2, 0.25) is 0 Å². The summed E-state index contributed by atoms with van der Waals surface area (Å²) in [6.07, 6.45) is 0. The second-order valence-corrected chi connectivity index (χ2v) is 5.21. The molecule has 0 amide bonds. The molecule has 0 aliphatic heterocycles. The summed E-state index contributed by atoms with van der Waals surface area (Å²) in [4.78, 5) is 0. The lowest BCUT2D eigenvalue weighted by atomic mass is 9.97. The van der Waals surface area contributed by atoms with Crippen LogP contribution in [-0.4, -0.2) is 10.2 Å². The van der Waals surface area contributed by atoms with Crippen LogP contribution in [0, 0.1) is 19.7 Å². The van der Waals surface area contributed by atoms with E-state index in [9.17, 15) is 4.39 Å². The van der Waals surface area contributed by atoms with E-state index in [1.54, 1.807) is 12.1 Å². The predicted octanol–water partition coefficient (Wildman–Crippen LogP) is 2.55. The summed E-state index contributed by atoms with van der Waals surface area (Å²) in [5, 5.41) is 8.01. The molecule has 6 heteroatoms. The molecule has 100 valence electrons. The summed E-state index contributed by atoms with van der Waals surface area (Å²) >= 11 is 3.34. The molecule has 0 radical (unpaired) electrons. The highest BCUT2D eigenvalue weighted by molar-refractivity contribution is 9.10. The van der Waals surface area contributed by atoms with Gasteiger partial charge >= 0.3 is 0 Å². The molecule has 1 aromatic carbocycles. The summed E-state index contributed by atoms with van der Waals surface area (Å²) in [5.74, 6) is 5.28. The van der Waals surface area contributed by atoms with Crippen LogP contribution in [0.15, 0.2) is 28.7 Å². The number of nitrogens with zero attached hydrogens (tertiary/aromatic N) is 2. The monoisotopic (exact) mass is 324 g/mol. The Morgan fingerprint density at radius 3 is 2.63 bits per heavy atom. The molecule has 19 heavy (non-hydrogen) atoms. The molecule has 0 spiro atoms. The zero-order chi connectivity index (χ0) is 14.0. The maximum absolute atomic E-state index is 14.0. The van der Waals surface area contributed by atoms with Crippen molar-refractivity contribution in [1.29, 1.82) is 0 Å². The summed E-state index contributed by atoms with van der Waals surface area (Å²) in [6.45, 7) is 3.66. The predicted molar refractivity (Wildman–Crippen MR) is 74.8 cm³/mol. The smallest absolute Gasteiger partial charge is 0.128 e. The van der Waals surface area contributed by atoms with E-state index in [0.717, 1.165) is 15.7 Å². The van der Waals surface area contributed by atoms with E-state index in [0.29, 0.717) is 11.3 Å². The van der Waals surface area contributed by atoms with E-state index < -0.39 is 6.04 Å². The molecular weight excluding hydrogens is 311 g/mol. The van der Waals surface area contributed by atoms with E-state index in [4.69, 9.17) is 5.84 Å². The lowest BCUT2D eigenvalue weighted by molar-refractivity contribution is 0.555. The van der Waals surface area contributed by atoms with Crippen molar-refractivity contribution < 1.29 is 4.39 Å². The largest absolute Gasteiger partial charge is 0.271 e. The van der Waals surface area contributed by atoms with Crippen LogP contribution in [0.3, 0.4) is 0 Å². The fraction of sp³-hybridized carbons (Fsp3) is 0.231. The Kier molecular flexibility index (Phi) is 4.24. The molecule has 1 aromatic heterocycles. The van der Waals surface area contributed by atoms with Crippen LogP contribution in [0.5, 0.6) is 0 Å². The second-order valence-electron chi connectivity index (χ2n) is 4.29. The van der Waals surface area contributed by atoms with Gasteiger partial charge in [0, 0.05) is 10.0 Å². The maximum Gasteiger partial charge on any atom is 0.128 e. The SMILES string of the molecule is Cc1cc(C(NN)c2cc(Br)ccc2F)c(C)nn1. The van der Waals surface area contributed by atoms with Gasteiger partial charge in [-0.1, -0.05) is 15.9 Å². The van der Waals surface area contributed by atoms with Crippen molar-refractivity contribution >= 4 is 15.9 Å². The van der Waals surface area contributed by atoms with Gasteiger partial charge in [0.1, 0.15) is 5.82 Å². The number of hydrogen-bond acceptors (Lipinski definition) is 4. The molecular formula is C13H14BrFN4. The number of benzene rings is 1. The number of aryl methyl sites for hydroxylation is 2. The molecule has 1 atom stereocenters. The zero-order valence-corrected chi connectivity index (χ0v) is 12.2. The van der Waals surface area contributed by atoms with Gasteiger partial charge in [0.25, 0.3) is 0 Å². The molecule has 0 saturated heterocycles. The molecule has 0 fully saturated rings. The van der Waals surface area contributed by atoms with Crippen molar-refractivity contribution in [2.75, 3.05) is 0 Å². The van der Waals surface area contributed by atoms with E-state index in [2.05, 4.69) is 31.6 Å². The van der Waals surface area contributed by atoms with Gasteiger partial charge in [-0.15, -0.1) is 0 Å². The van der Waals surface area contributed by atoms with Gasteiger partial charge in [-0.25, -0.2) is 9.82 Å². The highest BCUT2D eigenvalue weighted by Gasteiger charge is 2.20. The number of halogens is 2. The Balaban J connectivity index is 2.55. The molecule has 1 unspecified atom stereocenters. The summed E-state index contributed by atoms with van der Waals surface area (Å²) in [7, 11) is 0. The minimum atomic E-state index is -0.466. The maximum atomic E-state index is 14.0. The van der Waals surface area contributed by atoms with Crippen LogP contribution < -0.4 is 11.3 Å². The molecule has 1 heterocycles. The number of hydrogen-bond donors (Lipinski definition) is 2. The van der Waals surface area contributed by atoms with Crippen molar-refractivity contribution in [1.82, 2.24) is 15.6 Å². The number of hydrazine groups is 1. The lowest BCUT2D eigenvalue weighted by Gasteiger charge is -2.19. The fourth-order valence-electron chi connectivity index (χ4n) is 1.95. The van der Waals surface area contributed by atoms with Gasteiger partial charge in [0.15, 0.2) is 0 Å². The standard InChI is InChI=1S/C13H14BrFN4/c1-7-5-10(8(2)19-18-7)13(17-16)11-6-9(14)3-4-12(11)15/h3-6,13,17H,16H2,1-2H3. The highest BCUT2D eigenvalue weighted by Crippen LogP contribution is 2.27. The summed E-state index contributed by atoms with van der Waals surface area (Å²) in [6, 6.07) is 6.14. The fourth-order valence-corrected chi connectivity index (χ4v) is 2.32. The molecule has 0 aliphatic carbocycles. The average molecular weight is 325 g/mol. The summed E-state index contributed by atoms with van der Waals surface area (Å²) in [5.41, 5.74) is 5.40. The Hall–Kier alpha value is -1.37. The Morgan fingerprint density at radius 1 is 1.21 bits per heavy atom. The second kappa shape index (κ2) is 5.73. The minimum absolute atomic E-state index is 0.319. The number of rotatable bonds is 3. The van der Waals surface area contributed by atoms with E-state index >= 15 is 0 Å². The van der Waals surface area contributed by atoms with Gasteiger partial charge < -0.3 is 0 Å². The van der Waals surface area contributed by atoms with Gasteiger partial charge in [-0.05, 0) is 43.7 Å². The van der Waals surface area contributed by atoms with Gasteiger partial charge in [-0.2, -0.15) is 10.2 Å². The topological polar surface area (TPSA) is 63.8 Å². The lowest BCUT2D eigenvalue weighted by Crippen LogP contribution is -2.30. The minimum Gasteiger partial charge on any atom is -0.271 e. The first-order chi connectivity index (χ1) is 9.02. The van der Waals surface area contributed by atoms with Crippen LogP contribution in [0.4, 0.5) is 4.39 Å². The van der Waals surface area contributed by atoms with E-state index in [1.165, 1.54) is 6.07 Å². The molecule has 3 N–H and O–H groups in total. The third-order valence-corrected chi connectivity index (χ3v) is 3.38. The first-order valence-corrected chi connectivity index (χ1v) is 6.54. The number of nitrogens with one attached hydrogen (secondary N) is 1. The number of nitrogens with two attached hydrogens (primary N) is 1. The van der Waals surface area contributed by atoms with Crippen molar-refractivity contribution in [2.45, 2.75) is 19.9 Å². The van der Waals surface area contributed by atoms with Crippen LogP contribution in [0.1, 0.15) is 28.6 Å². The number of aromatic nitrogens is 2. The van der Waals surface area contributed by atoms with Crippen molar-refractivity contribution in [3.8, 4) is 0 Å². The zero-order valence-electron chi connectivity index (χ0n) is 10.6.